The highest BCUT2D eigenvalue weighted by atomic mass is 32.1. The number of urea groups is 1. The third-order valence-corrected chi connectivity index (χ3v) is 6.32. The van der Waals surface area contributed by atoms with Gasteiger partial charge in [0.05, 0.1) is 11.6 Å². The number of amides is 3. The SMILES string of the molecule is N#Cc1cccc(NC(=O)NC(Cc2ccccc2)C(=O)Nc2nnc(-c3ccc4c(c3)OCO4)s2)c1. The normalized spacial score (nSPS) is 12.3. The van der Waals surface area contributed by atoms with Gasteiger partial charge in [-0.1, -0.05) is 47.7 Å². The minimum atomic E-state index is -0.903. The number of ether oxygens (including phenoxy) is 2. The maximum atomic E-state index is 13.2. The van der Waals surface area contributed by atoms with Crippen LogP contribution in [0.3, 0.4) is 0 Å². The first-order chi connectivity index (χ1) is 18.1. The van der Waals surface area contributed by atoms with Gasteiger partial charge >= 0.3 is 6.03 Å². The molecule has 3 N–H and O–H groups in total. The number of nitrogens with zero attached hydrogens (tertiary/aromatic N) is 3. The van der Waals surface area contributed by atoms with E-state index >= 15 is 0 Å². The van der Waals surface area contributed by atoms with Crippen molar-refractivity contribution in [2.24, 2.45) is 0 Å². The van der Waals surface area contributed by atoms with Crippen LogP contribution in [0.5, 0.6) is 11.5 Å². The lowest BCUT2D eigenvalue weighted by molar-refractivity contribution is -0.117. The van der Waals surface area contributed by atoms with Crippen molar-refractivity contribution in [1.29, 1.82) is 5.26 Å². The van der Waals surface area contributed by atoms with Crippen LogP contribution in [-0.4, -0.2) is 35.0 Å². The molecule has 0 bridgehead atoms. The summed E-state index contributed by atoms with van der Waals surface area (Å²) in [6, 6.07) is 21.8. The second-order valence-corrected chi connectivity index (χ2v) is 8.98. The number of hydrogen-bond donors (Lipinski definition) is 3. The van der Waals surface area contributed by atoms with Crippen LogP contribution in [0.2, 0.25) is 0 Å². The Morgan fingerprint density at radius 2 is 1.81 bits per heavy atom. The van der Waals surface area contributed by atoms with E-state index in [2.05, 4.69) is 26.1 Å². The summed E-state index contributed by atoms with van der Waals surface area (Å²) < 4.78 is 10.8. The van der Waals surface area contributed by atoms with E-state index in [1.54, 1.807) is 36.4 Å². The molecule has 0 spiro atoms. The number of anilines is 2. The quantitative estimate of drug-likeness (QED) is 0.338. The maximum absolute atomic E-state index is 13.2. The first-order valence-corrected chi connectivity index (χ1v) is 12.0. The lowest BCUT2D eigenvalue weighted by Gasteiger charge is -2.18. The molecule has 3 aromatic carbocycles. The molecule has 37 heavy (non-hydrogen) atoms. The van der Waals surface area contributed by atoms with Gasteiger partial charge in [0.25, 0.3) is 0 Å². The molecule has 0 fully saturated rings. The number of carbonyl (C=O) groups excluding carboxylic acids is 2. The molecule has 11 heteroatoms. The summed E-state index contributed by atoms with van der Waals surface area (Å²) in [6.45, 7) is 0.170. The number of fused-ring (bicyclic) bond motifs is 1. The molecule has 0 aliphatic carbocycles. The van der Waals surface area contributed by atoms with Crippen LogP contribution in [0.1, 0.15) is 11.1 Å². The van der Waals surface area contributed by atoms with Crippen molar-refractivity contribution in [3.63, 3.8) is 0 Å². The molecule has 1 unspecified atom stereocenters. The zero-order valence-corrected chi connectivity index (χ0v) is 20.1. The fraction of sp³-hybridized carbons (Fsp3) is 0.115. The van der Waals surface area contributed by atoms with Crippen LogP contribution in [0.4, 0.5) is 15.6 Å². The number of nitriles is 1. The van der Waals surface area contributed by atoms with Crippen molar-refractivity contribution in [2.75, 3.05) is 17.4 Å². The minimum absolute atomic E-state index is 0.170. The number of hydrogen-bond acceptors (Lipinski definition) is 8. The van der Waals surface area contributed by atoms with Gasteiger partial charge in [-0.2, -0.15) is 5.26 Å². The van der Waals surface area contributed by atoms with Crippen molar-refractivity contribution in [2.45, 2.75) is 12.5 Å². The molecule has 10 nitrogen and oxygen atoms in total. The standard InChI is InChI=1S/C26H20N6O4S/c27-14-17-7-4-8-19(11-17)28-25(34)29-20(12-16-5-2-1-3-6-16)23(33)30-26-32-31-24(37-26)18-9-10-21-22(13-18)36-15-35-21/h1-11,13,20H,12,15H2,(H2,28,29,34)(H,30,32,33). The summed E-state index contributed by atoms with van der Waals surface area (Å²) in [4.78, 5) is 25.9. The van der Waals surface area contributed by atoms with E-state index in [-0.39, 0.29) is 13.2 Å². The minimum Gasteiger partial charge on any atom is -0.454 e. The second kappa shape index (κ2) is 10.8. The highest BCUT2D eigenvalue weighted by molar-refractivity contribution is 7.18. The molecular formula is C26H20N6O4S. The van der Waals surface area contributed by atoms with Crippen LogP contribution >= 0.6 is 11.3 Å². The zero-order valence-electron chi connectivity index (χ0n) is 19.3. The maximum Gasteiger partial charge on any atom is 0.319 e. The third-order valence-electron chi connectivity index (χ3n) is 5.43. The zero-order chi connectivity index (χ0) is 25.6. The van der Waals surface area contributed by atoms with Crippen LogP contribution in [0, 0.1) is 11.3 Å². The van der Waals surface area contributed by atoms with Gasteiger partial charge in [-0.25, -0.2) is 4.79 Å². The Morgan fingerprint density at radius 3 is 2.65 bits per heavy atom. The molecule has 184 valence electrons. The number of nitrogens with one attached hydrogen (secondary N) is 3. The lowest BCUT2D eigenvalue weighted by atomic mass is 10.1. The van der Waals surface area contributed by atoms with Gasteiger partial charge in [0.1, 0.15) is 11.0 Å². The van der Waals surface area contributed by atoms with Crippen LogP contribution < -0.4 is 25.4 Å². The molecule has 2 heterocycles. The number of aromatic nitrogens is 2. The summed E-state index contributed by atoms with van der Waals surface area (Å²) in [6.07, 6.45) is 0.256. The van der Waals surface area contributed by atoms with Crippen molar-refractivity contribution >= 4 is 34.1 Å². The van der Waals surface area contributed by atoms with E-state index < -0.39 is 18.0 Å². The Bertz CT molecular complexity index is 1480. The van der Waals surface area contributed by atoms with Gasteiger partial charge in [0.2, 0.25) is 17.8 Å². The first kappa shape index (κ1) is 23.8. The Labute approximate surface area is 215 Å². The molecule has 0 saturated heterocycles. The van der Waals surface area contributed by atoms with Crippen molar-refractivity contribution in [3.8, 4) is 28.1 Å². The van der Waals surface area contributed by atoms with E-state index in [4.69, 9.17) is 14.7 Å². The Morgan fingerprint density at radius 1 is 0.973 bits per heavy atom. The molecule has 4 aromatic rings. The lowest BCUT2D eigenvalue weighted by Crippen LogP contribution is -2.46. The summed E-state index contributed by atoms with van der Waals surface area (Å²) in [7, 11) is 0. The van der Waals surface area contributed by atoms with Gasteiger partial charge < -0.3 is 20.1 Å². The fourth-order valence-electron chi connectivity index (χ4n) is 3.66. The highest BCUT2D eigenvalue weighted by Crippen LogP contribution is 2.37. The molecule has 1 aliphatic heterocycles. The number of benzene rings is 3. The molecule has 1 aliphatic rings. The average molecular weight is 513 g/mol. The highest BCUT2D eigenvalue weighted by Gasteiger charge is 2.23. The number of rotatable bonds is 7. The van der Waals surface area contributed by atoms with Crippen molar-refractivity contribution < 1.29 is 19.1 Å². The molecular weight excluding hydrogens is 492 g/mol. The third kappa shape index (κ3) is 5.83. The van der Waals surface area contributed by atoms with Crippen molar-refractivity contribution in [1.82, 2.24) is 15.5 Å². The monoisotopic (exact) mass is 512 g/mol. The largest absolute Gasteiger partial charge is 0.454 e. The van der Waals surface area contributed by atoms with Crippen LogP contribution in [0.15, 0.2) is 72.8 Å². The van der Waals surface area contributed by atoms with Gasteiger partial charge in [-0.05, 0) is 42.0 Å². The van der Waals surface area contributed by atoms with Crippen LogP contribution in [-0.2, 0) is 11.2 Å². The molecule has 5 rings (SSSR count). The van der Waals surface area contributed by atoms with Gasteiger partial charge in [0.15, 0.2) is 11.5 Å². The van der Waals surface area contributed by atoms with Gasteiger partial charge in [-0.15, -0.1) is 10.2 Å². The Kier molecular flexibility index (Phi) is 6.91. The summed E-state index contributed by atoms with van der Waals surface area (Å²) in [5.41, 5.74) is 2.49. The van der Waals surface area contributed by atoms with E-state index in [9.17, 15) is 9.59 Å². The summed E-state index contributed by atoms with van der Waals surface area (Å²) in [5.74, 6) is 0.837. The van der Waals surface area contributed by atoms with Crippen LogP contribution in [0.25, 0.3) is 10.6 Å². The predicted octanol–water partition coefficient (Wildman–Crippen LogP) is 4.18. The van der Waals surface area contributed by atoms with E-state index in [0.717, 1.165) is 11.1 Å². The van der Waals surface area contributed by atoms with Gasteiger partial charge in [-0.3, -0.25) is 10.1 Å². The summed E-state index contributed by atoms with van der Waals surface area (Å²) >= 11 is 1.20. The van der Waals surface area contributed by atoms with Crippen molar-refractivity contribution in [3.05, 3.63) is 83.9 Å². The fourth-order valence-corrected chi connectivity index (χ4v) is 4.41. The van der Waals surface area contributed by atoms with E-state index in [1.165, 1.54) is 11.3 Å². The molecule has 0 saturated carbocycles. The predicted molar refractivity (Wildman–Crippen MR) is 137 cm³/mol. The number of carbonyl (C=O) groups is 2. The first-order valence-electron chi connectivity index (χ1n) is 11.2. The second-order valence-electron chi connectivity index (χ2n) is 8.00. The Balaban J connectivity index is 1.29. The Hall–Kier alpha value is -4.95. The van der Waals surface area contributed by atoms with E-state index in [1.807, 2.05) is 42.5 Å². The summed E-state index contributed by atoms with van der Waals surface area (Å²) in [5, 5.41) is 26.4. The molecule has 0 radical (unpaired) electrons. The molecule has 1 atom stereocenters. The molecule has 3 amide bonds. The topological polar surface area (TPSA) is 138 Å². The van der Waals surface area contributed by atoms with E-state index in [0.29, 0.717) is 32.9 Å². The smallest absolute Gasteiger partial charge is 0.319 e. The van der Waals surface area contributed by atoms with Gasteiger partial charge in [0, 0.05) is 17.7 Å². The molecule has 1 aromatic heterocycles. The average Bonchev–Trinajstić information content (AvgIpc) is 3.58.